The minimum absolute atomic E-state index is 0.221. The Morgan fingerprint density at radius 3 is 2.52 bits per heavy atom. The van der Waals surface area contributed by atoms with Gasteiger partial charge in [-0.2, -0.15) is 0 Å². The first-order valence-electron chi connectivity index (χ1n) is 12.4. The lowest BCUT2D eigenvalue weighted by Gasteiger charge is -2.60. The zero-order valence-corrected chi connectivity index (χ0v) is 19.3. The van der Waals surface area contributed by atoms with Gasteiger partial charge in [0.25, 0.3) is 0 Å². The van der Waals surface area contributed by atoms with Crippen LogP contribution in [0.4, 0.5) is 0 Å². The van der Waals surface area contributed by atoms with Gasteiger partial charge in [0.1, 0.15) is 5.78 Å². The van der Waals surface area contributed by atoms with Crippen molar-refractivity contribution in [1.29, 1.82) is 0 Å². The topological polar surface area (TPSA) is 34.1 Å². The van der Waals surface area contributed by atoms with Gasteiger partial charge >= 0.3 is 0 Å². The van der Waals surface area contributed by atoms with Crippen LogP contribution in [0, 0.1) is 46.3 Å². The van der Waals surface area contributed by atoms with E-state index in [9.17, 15) is 9.59 Å². The summed E-state index contributed by atoms with van der Waals surface area (Å²) in [6.45, 7) is 13.1. The van der Waals surface area contributed by atoms with Crippen LogP contribution >= 0.6 is 0 Å². The monoisotopic (exact) mass is 398 g/mol. The quantitative estimate of drug-likeness (QED) is 0.479. The Labute approximate surface area is 178 Å². The normalized spacial score (nSPS) is 45.1. The molecule has 0 bridgehead atoms. The van der Waals surface area contributed by atoms with Gasteiger partial charge < -0.3 is 0 Å². The summed E-state index contributed by atoms with van der Waals surface area (Å²) in [7, 11) is 0. The van der Waals surface area contributed by atoms with Crippen molar-refractivity contribution < 1.29 is 9.59 Å². The highest BCUT2D eigenvalue weighted by Gasteiger charge is 2.62. The summed E-state index contributed by atoms with van der Waals surface area (Å²) in [5, 5.41) is 0. The molecular formula is C27H42O2. The fourth-order valence-corrected chi connectivity index (χ4v) is 8.71. The molecule has 29 heavy (non-hydrogen) atoms. The Hall–Kier alpha value is -0.920. The van der Waals surface area contributed by atoms with Crippen LogP contribution in [0.25, 0.3) is 0 Å². The third kappa shape index (κ3) is 3.37. The Bertz CT molecular complexity index is 693. The van der Waals surface area contributed by atoms with Crippen molar-refractivity contribution in [3.8, 4) is 0 Å². The van der Waals surface area contributed by atoms with E-state index in [1.165, 1.54) is 51.4 Å². The van der Waals surface area contributed by atoms with Gasteiger partial charge in [-0.3, -0.25) is 9.59 Å². The van der Waals surface area contributed by atoms with Crippen molar-refractivity contribution in [2.75, 3.05) is 0 Å². The molecule has 162 valence electrons. The standard InChI is InChI=1S/C27H42O2/c1-17(2)23(28)12-9-18(3)20-10-11-21-25-22(13-15-27(20,21)5)26(4)14-7-6-8-19(26)16-24(25)29/h18-22,25H,1,6-16H2,2-5H3/t18-,19?,20-,21+,22+,25+,26+,27-/m1/s1. The SMILES string of the molecule is C=C(C)C(=O)CC[C@@H](C)[C@H]1CC[C@H]2[C@@H]3C(=O)CC4CCCC[C@]4(C)[C@H]3CC[C@]12C. The molecule has 4 fully saturated rings. The summed E-state index contributed by atoms with van der Waals surface area (Å²) in [6.07, 6.45) is 12.8. The first-order chi connectivity index (χ1) is 13.7. The highest BCUT2D eigenvalue weighted by Crippen LogP contribution is 2.67. The largest absolute Gasteiger partial charge is 0.299 e. The summed E-state index contributed by atoms with van der Waals surface area (Å²) in [5.41, 5.74) is 1.40. The van der Waals surface area contributed by atoms with Crippen LogP contribution < -0.4 is 0 Å². The van der Waals surface area contributed by atoms with E-state index in [0.29, 0.717) is 64.1 Å². The van der Waals surface area contributed by atoms with Crippen LogP contribution in [-0.4, -0.2) is 11.6 Å². The summed E-state index contributed by atoms with van der Waals surface area (Å²) in [6, 6.07) is 0. The van der Waals surface area contributed by atoms with Gasteiger partial charge in [-0.25, -0.2) is 0 Å². The lowest BCUT2D eigenvalue weighted by Crippen LogP contribution is -2.56. The molecule has 1 unspecified atom stereocenters. The number of carbonyl (C=O) groups excluding carboxylic acids is 2. The second-order valence-corrected chi connectivity index (χ2v) is 11.8. The van der Waals surface area contributed by atoms with Gasteiger partial charge in [0.05, 0.1) is 0 Å². The molecule has 0 spiro atoms. The molecule has 0 aromatic rings. The van der Waals surface area contributed by atoms with E-state index in [1.807, 2.05) is 6.92 Å². The molecule has 0 amide bonds. The van der Waals surface area contributed by atoms with Crippen LogP contribution in [0.3, 0.4) is 0 Å². The van der Waals surface area contributed by atoms with Crippen molar-refractivity contribution in [1.82, 2.24) is 0 Å². The van der Waals surface area contributed by atoms with E-state index in [0.717, 1.165) is 12.8 Å². The number of ketones is 2. The second-order valence-electron chi connectivity index (χ2n) is 11.8. The molecular weight excluding hydrogens is 356 g/mol. The lowest BCUT2D eigenvalue weighted by molar-refractivity contribution is -0.156. The van der Waals surface area contributed by atoms with Gasteiger partial charge in [0.2, 0.25) is 0 Å². The molecule has 4 saturated carbocycles. The van der Waals surface area contributed by atoms with Crippen LogP contribution in [0.5, 0.6) is 0 Å². The van der Waals surface area contributed by atoms with Crippen LogP contribution in [0.2, 0.25) is 0 Å². The Morgan fingerprint density at radius 1 is 1.07 bits per heavy atom. The molecule has 2 heteroatoms. The zero-order chi connectivity index (χ0) is 21.0. The number of carbonyl (C=O) groups is 2. The number of rotatable bonds is 5. The number of hydrogen-bond donors (Lipinski definition) is 0. The van der Waals surface area contributed by atoms with E-state index in [2.05, 4.69) is 27.4 Å². The van der Waals surface area contributed by atoms with E-state index in [-0.39, 0.29) is 5.78 Å². The highest BCUT2D eigenvalue weighted by molar-refractivity contribution is 5.94. The first-order valence-corrected chi connectivity index (χ1v) is 12.4. The zero-order valence-electron chi connectivity index (χ0n) is 19.3. The van der Waals surface area contributed by atoms with Crippen molar-refractivity contribution in [3.05, 3.63) is 12.2 Å². The van der Waals surface area contributed by atoms with Gasteiger partial charge in [0.15, 0.2) is 5.78 Å². The fourth-order valence-electron chi connectivity index (χ4n) is 8.71. The van der Waals surface area contributed by atoms with Gasteiger partial charge in [0, 0.05) is 18.8 Å². The summed E-state index contributed by atoms with van der Waals surface area (Å²) < 4.78 is 0. The van der Waals surface area contributed by atoms with Gasteiger partial charge in [-0.15, -0.1) is 0 Å². The van der Waals surface area contributed by atoms with Crippen LogP contribution in [0.15, 0.2) is 12.2 Å². The molecule has 0 aromatic carbocycles. The first kappa shape index (κ1) is 21.3. The van der Waals surface area contributed by atoms with E-state index >= 15 is 0 Å². The Kier molecular flexibility index (Phi) is 5.62. The Morgan fingerprint density at radius 2 is 1.79 bits per heavy atom. The lowest BCUT2D eigenvalue weighted by atomic mass is 9.44. The maximum Gasteiger partial charge on any atom is 0.157 e. The summed E-state index contributed by atoms with van der Waals surface area (Å²) >= 11 is 0. The van der Waals surface area contributed by atoms with E-state index in [1.54, 1.807) is 0 Å². The second kappa shape index (κ2) is 7.65. The number of Topliss-reactive ketones (excluding diaryl/α,β-unsaturated/α-hetero) is 2. The molecule has 8 atom stereocenters. The van der Waals surface area contributed by atoms with Crippen molar-refractivity contribution in [2.45, 2.75) is 98.3 Å². The molecule has 4 aliphatic rings. The predicted molar refractivity (Wildman–Crippen MR) is 118 cm³/mol. The number of fused-ring (bicyclic) bond motifs is 5. The maximum absolute atomic E-state index is 13.4. The van der Waals surface area contributed by atoms with Gasteiger partial charge in [-0.05, 0) is 97.9 Å². The average Bonchev–Trinajstić information content (AvgIpc) is 3.03. The molecule has 0 aliphatic heterocycles. The summed E-state index contributed by atoms with van der Waals surface area (Å²) in [4.78, 5) is 25.5. The van der Waals surface area contributed by atoms with Gasteiger partial charge in [-0.1, -0.05) is 40.2 Å². The van der Waals surface area contributed by atoms with Crippen molar-refractivity contribution in [3.63, 3.8) is 0 Å². The number of hydrogen-bond acceptors (Lipinski definition) is 2. The highest BCUT2D eigenvalue weighted by atomic mass is 16.1. The molecule has 0 N–H and O–H groups in total. The van der Waals surface area contributed by atoms with Crippen molar-refractivity contribution in [2.24, 2.45) is 46.3 Å². The third-order valence-corrected chi connectivity index (χ3v) is 10.5. The Balaban J connectivity index is 1.52. The fraction of sp³-hybridized carbons (Fsp3) is 0.852. The smallest absolute Gasteiger partial charge is 0.157 e. The summed E-state index contributed by atoms with van der Waals surface area (Å²) in [5.74, 6) is 4.24. The number of allylic oxidation sites excluding steroid dienone is 1. The molecule has 0 heterocycles. The van der Waals surface area contributed by atoms with Crippen LogP contribution in [-0.2, 0) is 9.59 Å². The van der Waals surface area contributed by atoms with E-state index in [4.69, 9.17) is 0 Å². The maximum atomic E-state index is 13.4. The average molecular weight is 399 g/mol. The molecule has 4 aliphatic carbocycles. The van der Waals surface area contributed by atoms with E-state index < -0.39 is 0 Å². The molecule has 0 radical (unpaired) electrons. The third-order valence-electron chi connectivity index (χ3n) is 10.5. The molecule has 2 nitrogen and oxygen atoms in total. The van der Waals surface area contributed by atoms with Crippen LogP contribution in [0.1, 0.15) is 98.3 Å². The molecule has 0 saturated heterocycles. The minimum atomic E-state index is 0.221. The predicted octanol–water partition coefficient (Wildman–Crippen LogP) is 6.78. The minimum Gasteiger partial charge on any atom is -0.299 e. The van der Waals surface area contributed by atoms with Crippen molar-refractivity contribution >= 4 is 11.6 Å². The molecule has 0 aromatic heterocycles. The molecule has 4 rings (SSSR count).